The standard InChI is InChI=1S/C56H102N2S2/c1-3-5-7-9-11-13-15-17-19-21-23-25-27-31-35-39-47-57-49-43-55(44-50-57)59-53-41-37-33-29-30-34-38-42-54-60-56-45-51-58(52-46-56)48-40-36-32-28-26-24-22-20-18-16-14-12-10-8-6-4-2/h43-46,49-52H,3-42,47-48,53-54H2,1-2H3/q+2. The predicted molar refractivity (Wildman–Crippen MR) is 271 cm³/mol. The molecule has 0 unspecified atom stereocenters. The molecule has 0 N–H and O–H groups in total. The predicted octanol–water partition coefficient (Wildman–Crippen LogP) is 18.8. The minimum atomic E-state index is 1.18. The van der Waals surface area contributed by atoms with Gasteiger partial charge in [0.1, 0.15) is 13.1 Å². The summed E-state index contributed by atoms with van der Waals surface area (Å²) in [6.07, 6.45) is 66.4. The second kappa shape index (κ2) is 44.6. The average Bonchev–Trinajstić information content (AvgIpc) is 3.27. The van der Waals surface area contributed by atoms with E-state index >= 15 is 0 Å². The van der Waals surface area contributed by atoms with Crippen molar-refractivity contribution in [2.24, 2.45) is 0 Å². The van der Waals surface area contributed by atoms with Crippen molar-refractivity contribution in [2.75, 3.05) is 11.5 Å². The summed E-state index contributed by atoms with van der Waals surface area (Å²) in [5.41, 5.74) is 0. The maximum atomic E-state index is 2.39. The van der Waals surface area contributed by atoms with Gasteiger partial charge in [0.15, 0.2) is 24.8 Å². The Balaban J connectivity index is 1.28. The zero-order valence-electron chi connectivity index (χ0n) is 40.4. The van der Waals surface area contributed by atoms with Gasteiger partial charge < -0.3 is 0 Å². The third-order valence-electron chi connectivity index (χ3n) is 12.8. The van der Waals surface area contributed by atoms with E-state index in [4.69, 9.17) is 0 Å². The van der Waals surface area contributed by atoms with E-state index in [0.29, 0.717) is 0 Å². The minimum Gasteiger partial charge on any atom is -0.205 e. The van der Waals surface area contributed by atoms with Gasteiger partial charge in [-0.2, -0.15) is 0 Å². The average molecular weight is 868 g/mol. The Morgan fingerprint density at radius 3 is 0.700 bits per heavy atom. The fourth-order valence-corrected chi connectivity index (χ4v) is 10.5. The summed E-state index contributed by atoms with van der Waals surface area (Å²) in [4.78, 5) is 2.88. The van der Waals surface area contributed by atoms with Crippen LogP contribution in [-0.4, -0.2) is 11.5 Å². The van der Waals surface area contributed by atoms with Gasteiger partial charge in [0.05, 0.1) is 0 Å². The Labute approximate surface area is 384 Å². The molecule has 2 nitrogen and oxygen atoms in total. The van der Waals surface area contributed by atoms with Crippen molar-refractivity contribution in [3.8, 4) is 0 Å². The Bertz CT molecular complexity index is 1030. The van der Waals surface area contributed by atoms with Crippen molar-refractivity contribution in [1.82, 2.24) is 0 Å². The number of hydrogen-bond donors (Lipinski definition) is 0. The van der Waals surface area contributed by atoms with Crippen LogP contribution < -0.4 is 9.13 Å². The first-order valence-electron chi connectivity index (χ1n) is 27.1. The Morgan fingerprint density at radius 2 is 0.467 bits per heavy atom. The molecule has 0 spiro atoms. The van der Waals surface area contributed by atoms with E-state index in [0.717, 1.165) is 0 Å². The van der Waals surface area contributed by atoms with Crippen LogP contribution in [0.3, 0.4) is 0 Å². The van der Waals surface area contributed by atoms with Crippen LogP contribution in [0.25, 0.3) is 0 Å². The first-order chi connectivity index (χ1) is 29.8. The third kappa shape index (κ3) is 36.5. The Kier molecular flexibility index (Phi) is 41.0. The number of aryl methyl sites for hydroxylation is 2. The highest BCUT2D eigenvalue weighted by Gasteiger charge is 2.05. The first kappa shape index (κ1) is 55.1. The van der Waals surface area contributed by atoms with Gasteiger partial charge in [0.2, 0.25) is 0 Å². The molecule has 4 heteroatoms. The lowest BCUT2D eigenvalue weighted by molar-refractivity contribution is -0.697. The Hall–Kier alpha value is -1.00. The molecule has 0 bridgehead atoms. The lowest BCUT2D eigenvalue weighted by Gasteiger charge is -2.04. The summed E-state index contributed by atoms with van der Waals surface area (Å²) >= 11 is 4.10. The maximum Gasteiger partial charge on any atom is 0.169 e. The molecule has 0 aliphatic carbocycles. The minimum absolute atomic E-state index is 1.18. The number of nitrogens with zero attached hydrogens (tertiary/aromatic N) is 2. The number of unbranched alkanes of at least 4 members (excludes halogenated alkanes) is 37. The largest absolute Gasteiger partial charge is 0.205 e. The number of aromatic nitrogens is 2. The maximum absolute atomic E-state index is 2.39. The highest BCUT2D eigenvalue weighted by atomic mass is 32.2. The summed E-state index contributed by atoms with van der Waals surface area (Å²) in [6, 6.07) is 9.36. The molecule has 2 aromatic heterocycles. The molecule has 2 heterocycles. The molecule has 0 atom stereocenters. The van der Waals surface area contributed by atoms with Gasteiger partial charge >= 0.3 is 0 Å². The highest BCUT2D eigenvalue weighted by molar-refractivity contribution is 7.99. The van der Waals surface area contributed by atoms with Crippen molar-refractivity contribution >= 4 is 23.5 Å². The summed E-state index contributed by atoms with van der Waals surface area (Å²) in [7, 11) is 0. The van der Waals surface area contributed by atoms with Crippen LogP contribution in [0, 0.1) is 0 Å². The van der Waals surface area contributed by atoms with Gasteiger partial charge in [-0.15, -0.1) is 23.5 Å². The van der Waals surface area contributed by atoms with Crippen LogP contribution in [0.4, 0.5) is 0 Å². The number of hydrogen-bond acceptors (Lipinski definition) is 2. The van der Waals surface area contributed by atoms with E-state index in [2.05, 4.69) is 72.0 Å². The van der Waals surface area contributed by atoms with E-state index in [1.165, 1.54) is 291 Å². The molecule has 0 aliphatic rings. The molecular formula is C56H102N2S2+2. The van der Waals surface area contributed by atoms with Crippen LogP contribution in [0.15, 0.2) is 58.8 Å². The van der Waals surface area contributed by atoms with Crippen molar-refractivity contribution in [3.05, 3.63) is 49.1 Å². The summed E-state index contributed by atoms with van der Waals surface area (Å²) < 4.78 is 4.79. The molecule has 0 radical (unpaired) electrons. The van der Waals surface area contributed by atoms with Crippen molar-refractivity contribution in [1.29, 1.82) is 0 Å². The van der Waals surface area contributed by atoms with E-state index in [-0.39, 0.29) is 0 Å². The van der Waals surface area contributed by atoms with Crippen LogP contribution in [-0.2, 0) is 13.1 Å². The number of pyridine rings is 2. The van der Waals surface area contributed by atoms with Gasteiger partial charge in [-0.25, -0.2) is 9.13 Å². The third-order valence-corrected chi connectivity index (χ3v) is 15.0. The van der Waals surface area contributed by atoms with Crippen molar-refractivity contribution in [3.63, 3.8) is 0 Å². The molecule has 0 aliphatic heterocycles. The van der Waals surface area contributed by atoms with Gasteiger partial charge in [-0.05, 0) is 37.2 Å². The molecule has 0 amide bonds. The fraction of sp³-hybridized carbons (Fsp3) is 0.821. The molecule has 0 fully saturated rings. The van der Waals surface area contributed by atoms with E-state index in [1.54, 1.807) is 0 Å². The van der Waals surface area contributed by atoms with Crippen LogP contribution in [0.1, 0.15) is 271 Å². The quantitative estimate of drug-likeness (QED) is 0.0372. The second-order valence-electron chi connectivity index (χ2n) is 18.7. The zero-order valence-corrected chi connectivity index (χ0v) is 42.1. The van der Waals surface area contributed by atoms with Gasteiger partial charge in [-0.1, -0.05) is 232 Å². The van der Waals surface area contributed by atoms with Crippen molar-refractivity contribution < 1.29 is 9.13 Å². The van der Waals surface area contributed by atoms with Crippen LogP contribution in [0.2, 0.25) is 0 Å². The second-order valence-corrected chi connectivity index (χ2v) is 21.0. The first-order valence-corrected chi connectivity index (χ1v) is 29.0. The van der Waals surface area contributed by atoms with Crippen LogP contribution >= 0.6 is 23.5 Å². The molecule has 60 heavy (non-hydrogen) atoms. The highest BCUT2D eigenvalue weighted by Crippen LogP contribution is 2.21. The van der Waals surface area contributed by atoms with Gasteiger partial charge in [0, 0.05) is 46.9 Å². The lowest BCUT2D eigenvalue weighted by atomic mass is 10.0. The number of rotatable bonds is 47. The van der Waals surface area contributed by atoms with E-state index in [9.17, 15) is 0 Å². The monoisotopic (exact) mass is 867 g/mol. The molecule has 2 aromatic rings. The molecule has 0 aromatic carbocycles. The Morgan fingerprint density at radius 1 is 0.267 bits per heavy atom. The molecule has 0 saturated heterocycles. The van der Waals surface area contributed by atoms with E-state index < -0.39 is 0 Å². The van der Waals surface area contributed by atoms with E-state index in [1.807, 2.05) is 23.5 Å². The summed E-state index contributed by atoms with van der Waals surface area (Å²) in [6.45, 7) is 6.97. The van der Waals surface area contributed by atoms with Crippen molar-refractivity contribution in [2.45, 2.75) is 294 Å². The van der Waals surface area contributed by atoms with Gasteiger partial charge in [-0.3, -0.25) is 0 Å². The molecular weight excluding hydrogens is 765 g/mol. The smallest absolute Gasteiger partial charge is 0.169 e. The molecule has 2 rings (SSSR count). The molecule has 346 valence electrons. The van der Waals surface area contributed by atoms with Gasteiger partial charge in [0.25, 0.3) is 0 Å². The summed E-state index contributed by atoms with van der Waals surface area (Å²) in [5, 5.41) is 0. The lowest BCUT2D eigenvalue weighted by Crippen LogP contribution is -2.32. The fourth-order valence-electron chi connectivity index (χ4n) is 8.71. The normalized spacial score (nSPS) is 11.6. The number of thioether (sulfide) groups is 2. The SMILES string of the molecule is CCCCCCCCCCCCCCCCCC[n+]1ccc(SCCCCCCCCCCSc2cc[n+](CCCCCCCCCCCCCCCCCC)cc2)cc1. The summed E-state index contributed by atoms with van der Waals surface area (Å²) in [5.74, 6) is 2.53. The molecule has 0 saturated carbocycles. The van der Waals surface area contributed by atoms with Crippen LogP contribution in [0.5, 0.6) is 0 Å². The zero-order chi connectivity index (χ0) is 42.5. The topological polar surface area (TPSA) is 7.76 Å².